The average molecular weight is 398 g/mol. The number of pyridine rings is 1. The van der Waals surface area contributed by atoms with Crippen LogP contribution >= 0.6 is 11.6 Å². The van der Waals surface area contributed by atoms with Crippen LogP contribution in [0.25, 0.3) is 0 Å². The van der Waals surface area contributed by atoms with E-state index in [2.05, 4.69) is 4.98 Å². The summed E-state index contributed by atoms with van der Waals surface area (Å²) in [6, 6.07) is 6.66. The molecule has 1 aliphatic heterocycles. The van der Waals surface area contributed by atoms with Gasteiger partial charge >= 0.3 is 0 Å². The van der Waals surface area contributed by atoms with Gasteiger partial charge in [-0.3, -0.25) is 15.1 Å². The van der Waals surface area contributed by atoms with Crippen LogP contribution in [0.2, 0.25) is 5.02 Å². The van der Waals surface area contributed by atoms with Gasteiger partial charge in [-0.1, -0.05) is 17.7 Å². The van der Waals surface area contributed by atoms with Gasteiger partial charge in [-0.25, -0.2) is 8.42 Å². The summed E-state index contributed by atoms with van der Waals surface area (Å²) < 4.78 is 32.8. The lowest BCUT2D eigenvalue weighted by atomic mass is 10.1. The van der Waals surface area contributed by atoms with Crippen molar-refractivity contribution in [3.8, 4) is 5.75 Å². The Morgan fingerprint density at radius 1 is 1.35 bits per heavy atom. The molecule has 26 heavy (non-hydrogen) atoms. The highest BCUT2D eigenvalue weighted by Crippen LogP contribution is 2.28. The first-order valence-corrected chi connectivity index (χ1v) is 9.70. The van der Waals surface area contributed by atoms with Crippen molar-refractivity contribution in [2.45, 2.75) is 23.8 Å². The number of benzene rings is 1. The largest absolute Gasteiger partial charge is 0.487 e. The lowest BCUT2D eigenvalue weighted by Gasteiger charge is -2.32. The van der Waals surface area contributed by atoms with Gasteiger partial charge in [0.2, 0.25) is 10.0 Å². The normalized spacial score (nSPS) is 18.4. The molecule has 1 aromatic carbocycles. The minimum atomic E-state index is -3.85. The number of ether oxygens (including phenoxy) is 1. The van der Waals surface area contributed by atoms with Crippen LogP contribution in [0.15, 0.2) is 47.6 Å². The fourth-order valence-corrected chi connectivity index (χ4v) is 4.48. The van der Waals surface area contributed by atoms with Gasteiger partial charge in [0.25, 0.3) is 5.69 Å². The smallest absolute Gasteiger partial charge is 0.270 e. The van der Waals surface area contributed by atoms with Crippen LogP contribution in [0.3, 0.4) is 0 Å². The van der Waals surface area contributed by atoms with Gasteiger partial charge in [0.15, 0.2) is 0 Å². The van der Waals surface area contributed by atoms with Crippen LogP contribution in [0.1, 0.15) is 12.8 Å². The standard InChI is InChI=1S/C16H16ClN3O5S/c17-15-10-18-7-6-16(15)25-13-4-2-8-19(11-13)26(23,24)14-5-1-3-12(9-14)20(21)22/h1,3,5-7,9-10,13H,2,4,8,11H2. The summed E-state index contributed by atoms with van der Waals surface area (Å²) in [6.45, 7) is 0.471. The Kier molecular flexibility index (Phi) is 5.40. The molecule has 1 unspecified atom stereocenters. The third-order valence-electron chi connectivity index (χ3n) is 4.04. The van der Waals surface area contributed by atoms with E-state index in [1.165, 1.54) is 28.7 Å². The molecule has 0 spiro atoms. The monoisotopic (exact) mass is 397 g/mol. The number of sulfonamides is 1. The molecule has 2 aromatic rings. The van der Waals surface area contributed by atoms with Crippen molar-refractivity contribution in [3.05, 3.63) is 57.9 Å². The van der Waals surface area contributed by atoms with Crippen molar-refractivity contribution >= 4 is 27.3 Å². The number of nitro benzene ring substituents is 1. The molecular formula is C16H16ClN3O5S. The number of nitrogens with zero attached hydrogens (tertiary/aromatic N) is 3. The zero-order valence-corrected chi connectivity index (χ0v) is 15.2. The van der Waals surface area contributed by atoms with Crippen LogP contribution in [-0.4, -0.2) is 41.8 Å². The zero-order valence-electron chi connectivity index (χ0n) is 13.6. The summed E-state index contributed by atoms with van der Waals surface area (Å²) in [7, 11) is -3.85. The molecule has 10 heteroatoms. The van der Waals surface area contributed by atoms with E-state index in [1.807, 2.05) is 0 Å². The third-order valence-corrected chi connectivity index (χ3v) is 6.18. The van der Waals surface area contributed by atoms with E-state index in [1.54, 1.807) is 12.3 Å². The first-order chi connectivity index (χ1) is 12.4. The lowest BCUT2D eigenvalue weighted by molar-refractivity contribution is -0.385. The van der Waals surface area contributed by atoms with E-state index < -0.39 is 14.9 Å². The third kappa shape index (κ3) is 3.95. The second kappa shape index (κ2) is 7.56. The fraction of sp³-hybridized carbons (Fsp3) is 0.312. The number of aromatic nitrogens is 1. The minimum Gasteiger partial charge on any atom is -0.487 e. The molecule has 0 bridgehead atoms. The molecule has 138 valence electrons. The number of hydrogen-bond acceptors (Lipinski definition) is 6. The van der Waals surface area contributed by atoms with Gasteiger partial charge < -0.3 is 4.74 Å². The molecule has 0 aliphatic carbocycles. The van der Waals surface area contributed by atoms with Gasteiger partial charge in [0.05, 0.1) is 16.4 Å². The molecule has 8 nitrogen and oxygen atoms in total. The van der Waals surface area contributed by atoms with Crippen LogP contribution in [0.5, 0.6) is 5.75 Å². The second-order valence-corrected chi connectivity index (χ2v) is 8.15. The van der Waals surface area contributed by atoms with Gasteiger partial charge in [-0.15, -0.1) is 0 Å². The molecular weight excluding hydrogens is 382 g/mol. The number of piperidine rings is 1. The van der Waals surface area contributed by atoms with Gasteiger partial charge in [0.1, 0.15) is 16.9 Å². The average Bonchev–Trinajstić information content (AvgIpc) is 2.64. The SMILES string of the molecule is O=[N+]([O-])c1cccc(S(=O)(=O)N2CCCC(Oc3ccncc3Cl)C2)c1. The topological polar surface area (TPSA) is 103 Å². The van der Waals surface area contributed by atoms with Crippen molar-refractivity contribution in [3.63, 3.8) is 0 Å². The molecule has 1 fully saturated rings. The van der Waals surface area contributed by atoms with E-state index >= 15 is 0 Å². The molecule has 1 atom stereocenters. The molecule has 0 radical (unpaired) electrons. The number of rotatable bonds is 5. The summed E-state index contributed by atoms with van der Waals surface area (Å²) in [5.41, 5.74) is -0.264. The highest BCUT2D eigenvalue weighted by molar-refractivity contribution is 7.89. The van der Waals surface area contributed by atoms with Crippen molar-refractivity contribution < 1.29 is 18.1 Å². The Hall–Kier alpha value is -2.23. The Morgan fingerprint density at radius 3 is 2.88 bits per heavy atom. The predicted molar refractivity (Wildman–Crippen MR) is 94.8 cm³/mol. The maximum atomic E-state index is 12.8. The van der Waals surface area contributed by atoms with Gasteiger partial charge in [-0.05, 0) is 18.9 Å². The van der Waals surface area contributed by atoms with E-state index in [0.717, 1.165) is 6.07 Å². The highest BCUT2D eigenvalue weighted by atomic mass is 35.5. The summed E-state index contributed by atoms with van der Waals surface area (Å²) in [5, 5.41) is 11.3. The van der Waals surface area contributed by atoms with Crippen LogP contribution in [0, 0.1) is 10.1 Å². The second-order valence-electron chi connectivity index (χ2n) is 5.81. The molecule has 3 rings (SSSR count). The Morgan fingerprint density at radius 2 is 2.15 bits per heavy atom. The van der Waals surface area contributed by atoms with Crippen molar-refractivity contribution in [2.75, 3.05) is 13.1 Å². The van der Waals surface area contributed by atoms with Crippen LogP contribution < -0.4 is 4.74 Å². The van der Waals surface area contributed by atoms with E-state index in [0.29, 0.717) is 30.2 Å². The summed E-state index contributed by atoms with van der Waals surface area (Å²) in [6.07, 6.45) is 3.93. The van der Waals surface area contributed by atoms with E-state index in [4.69, 9.17) is 16.3 Å². The molecule has 1 aromatic heterocycles. The fourth-order valence-electron chi connectivity index (χ4n) is 2.76. The van der Waals surface area contributed by atoms with Crippen molar-refractivity contribution in [2.24, 2.45) is 0 Å². The quantitative estimate of drug-likeness (QED) is 0.567. The Balaban J connectivity index is 1.79. The molecule has 0 amide bonds. The number of halogens is 1. The molecule has 1 saturated heterocycles. The number of non-ortho nitro benzene ring substituents is 1. The molecule has 0 saturated carbocycles. The van der Waals surface area contributed by atoms with E-state index in [-0.39, 0.29) is 23.2 Å². The number of hydrogen-bond donors (Lipinski definition) is 0. The molecule has 0 N–H and O–H groups in total. The van der Waals surface area contributed by atoms with Crippen molar-refractivity contribution in [1.82, 2.24) is 9.29 Å². The lowest BCUT2D eigenvalue weighted by Crippen LogP contribution is -2.44. The molecule has 2 heterocycles. The predicted octanol–water partition coefficient (Wildman–Crippen LogP) is 2.88. The Labute approximate surface area is 155 Å². The summed E-state index contributed by atoms with van der Waals surface area (Å²) in [4.78, 5) is 14.1. The molecule has 1 aliphatic rings. The first kappa shape index (κ1) is 18.6. The maximum absolute atomic E-state index is 12.8. The maximum Gasteiger partial charge on any atom is 0.270 e. The summed E-state index contributed by atoms with van der Waals surface area (Å²) >= 11 is 6.03. The van der Waals surface area contributed by atoms with Gasteiger partial charge in [0, 0.05) is 37.1 Å². The van der Waals surface area contributed by atoms with Gasteiger partial charge in [-0.2, -0.15) is 4.31 Å². The van der Waals surface area contributed by atoms with Crippen LogP contribution in [-0.2, 0) is 10.0 Å². The minimum absolute atomic E-state index is 0.103. The van der Waals surface area contributed by atoms with Crippen molar-refractivity contribution in [1.29, 1.82) is 0 Å². The first-order valence-electron chi connectivity index (χ1n) is 7.88. The Bertz CT molecular complexity index is 922. The highest BCUT2D eigenvalue weighted by Gasteiger charge is 2.32. The van der Waals surface area contributed by atoms with Crippen LogP contribution in [0.4, 0.5) is 5.69 Å². The zero-order chi connectivity index (χ0) is 18.7. The number of nitro groups is 1. The van der Waals surface area contributed by atoms with E-state index in [9.17, 15) is 18.5 Å². The summed E-state index contributed by atoms with van der Waals surface area (Å²) in [5.74, 6) is 0.446.